The van der Waals surface area contributed by atoms with Gasteiger partial charge < -0.3 is 5.73 Å². The highest BCUT2D eigenvalue weighted by molar-refractivity contribution is 5.30. The number of unbranched alkanes of at least 4 members (excludes halogenated alkanes) is 2. The largest absolute Gasteiger partial charge is 0.384 e. The molecule has 0 aliphatic rings. The summed E-state index contributed by atoms with van der Waals surface area (Å²) in [5, 5.41) is 4.27. The molecule has 12 heavy (non-hydrogen) atoms. The molecule has 0 amide bonds. The molecule has 68 valence electrons. The molecule has 1 rings (SSSR count). The number of nitrogen functional groups attached to an aromatic ring is 1. The summed E-state index contributed by atoms with van der Waals surface area (Å²) in [4.78, 5) is 0. The van der Waals surface area contributed by atoms with Gasteiger partial charge in [0.15, 0.2) is 0 Å². The summed E-state index contributed by atoms with van der Waals surface area (Å²) in [6, 6.07) is 1.95. The van der Waals surface area contributed by atoms with Crippen molar-refractivity contribution in [1.82, 2.24) is 9.78 Å². The maximum atomic E-state index is 5.65. The van der Waals surface area contributed by atoms with Crippen molar-refractivity contribution in [3.05, 3.63) is 11.8 Å². The summed E-state index contributed by atoms with van der Waals surface area (Å²) in [7, 11) is 1.87. The summed E-state index contributed by atoms with van der Waals surface area (Å²) < 4.78 is 1.72. The van der Waals surface area contributed by atoms with Gasteiger partial charge in [-0.1, -0.05) is 19.8 Å². The van der Waals surface area contributed by atoms with E-state index >= 15 is 0 Å². The molecule has 0 saturated carbocycles. The van der Waals surface area contributed by atoms with Crippen LogP contribution in [0.2, 0.25) is 0 Å². The second-order valence-corrected chi connectivity index (χ2v) is 3.14. The van der Waals surface area contributed by atoms with Gasteiger partial charge in [-0.25, -0.2) is 0 Å². The number of aryl methyl sites for hydroxylation is 2. The molecule has 0 saturated heterocycles. The Morgan fingerprint density at radius 1 is 1.50 bits per heavy atom. The highest BCUT2D eigenvalue weighted by Crippen LogP contribution is 2.08. The van der Waals surface area contributed by atoms with Gasteiger partial charge in [-0.15, -0.1) is 0 Å². The maximum Gasteiger partial charge on any atom is 0.121 e. The van der Waals surface area contributed by atoms with E-state index in [9.17, 15) is 0 Å². The number of anilines is 1. The van der Waals surface area contributed by atoms with Gasteiger partial charge in [0.2, 0.25) is 0 Å². The zero-order valence-corrected chi connectivity index (χ0v) is 7.88. The van der Waals surface area contributed by atoms with E-state index in [-0.39, 0.29) is 0 Å². The van der Waals surface area contributed by atoms with Crippen LogP contribution >= 0.6 is 0 Å². The second-order valence-electron chi connectivity index (χ2n) is 3.14. The fourth-order valence-electron chi connectivity index (χ4n) is 1.22. The average molecular weight is 167 g/mol. The SMILES string of the molecule is CCCCCc1cc(N)n(C)n1. The van der Waals surface area contributed by atoms with E-state index in [1.54, 1.807) is 4.68 Å². The number of aromatic nitrogens is 2. The van der Waals surface area contributed by atoms with Crippen LogP contribution in [0.5, 0.6) is 0 Å². The molecule has 0 bridgehead atoms. The minimum Gasteiger partial charge on any atom is -0.384 e. The third-order valence-corrected chi connectivity index (χ3v) is 2.00. The van der Waals surface area contributed by atoms with E-state index < -0.39 is 0 Å². The molecule has 0 aromatic carbocycles. The van der Waals surface area contributed by atoms with Gasteiger partial charge in [0.05, 0.1) is 5.69 Å². The van der Waals surface area contributed by atoms with Crippen molar-refractivity contribution >= 4 is 5.82 Å². The van der Waals surface area contributed by atoms with Crippen LogP contribution in [0.15, 0.2) is 6.07 Å². The third kappa shape index (κ3) is 2.26. The first-order valence-electron chi connectivity index (χ1n) is 4.52. The predicted molar refractivity (Wildman–Crippen MR) is 50.8 cm³/mol. The Hall–Kier alpha value is -0.990. The smallest absolute Gasteiger partial charge is 0.121 e. The van der Waals surface area contributed by atoms with Crippen LogP contribution in [-0.2, 0) is 13.5 Å². The number of nitrogens with zero attached hydrogens (tertiary/aromatic N) is 2. The Bertz CT molecular complexity index is 220. The Labute approximate surface area is 73.6 Å². The fraction of sp³-hybridized carbons (Fsp3) is 0.667. The highest BCUT2D eigenvalue weighted by atomic mass is 15.3. The highest BCUT2D eigenvalue weighted by Gasteiger charge is 2.00. The molecule has 0 unspecified atom stereocenters. The van der Waals surface area contributed by atoms with Crippen LogP contribution in [-0.4, -0.2) is 9.78 Å². The van der Waals surface area contributed by atoms with Crippen molar-refractivity contribution in [1.29, 1.82) is 0 Å². The topological polar surface area (TPSA) is 43.8 Å². The number of nitrogens with two attached hydrogens (primary N) is 1. The van der Waals surface area contributed by atoms with Crippen LogP contribution in [0.25, 0.3) is 0 Å². The molecular formula is C9H17N3. The lowest BCUT2D eigenvalue weighted by atomic mass is 10.2. The van der Waals surface area contributed by atoms with E-state index in [4.69, 9.17) is 5.73 Å². The van der Waals surface area contributed by atoms with Crippen molar-refractivity contribution < 1.29 is 0 Å². The molecule has 2 N–H and O–H groups in total. The van der Waals surface area contributed by atoms with Gasteiger partial charge in [0.1, 0.15) is 5.82 Å². The lowest BCUT2D eigenvalue weighted by molar-refractivity contribution is 0.684. The van der Waals surface area contributed by atoms with Crippen LogP contribution in [0.3, 0.4) is 0 Å². The Morgan fingerprint density at radius 2 is 2.25 bits per heavy atom. The number of hydrogen-bond acceptors (Lipinski definition) is 2. The van der Waals surface area contributed by atoms with Crippen molar-refractivity contribution in [3.63, 3.8) is 0 Å². The van der Waals surface area contributed by atoms with Crippen molar-refractivity contribution in [3.8, 4) is 0 Å². The van der Waals surface area contributed by atoms with E-state index in [1.165, 1.54) is 19.3 Å². The van der Waals surface area contributed by atoms with Crippen molar-refractivity contribution in [2.24, 2.45) is 7.05 Å². The quantitative estimate of drug-likeness (QED) is 0.694. The van der Waals surface area contributed by atoms with Crippen LogP contribution in [0, 0.1) is 0 Å². The van der Waals surface area contributed by atoms with Crippen LogP contribution in [0.4, 0.5) is 5.82 Å². The van der Waals surface area contributed by atoms with Crippen molar-refractivity contribution in [2.45, 2.75) is 32.6 Å². The molecule has 0 spiro atoms. The standard InChI is InChI=1S/C9H17N3/c1-3-4-5-6-8-7-9(10)12(2)11-8/h7H,3-6,10H2,1-2H3. The average Bonchev–Trinajstić information content (AvgIpc) is 2.32. The van der Waals surface area contributed by atoms with E-state index in [0.29, 0.717) is 0 Å². The molecule has 3 heteroatoms. The molecule has 1 aromatic rings. The van der Waals surface area contributed by atoms with Gasteiger partial charge in [-0.05, 0) is 12.8 Å². The molecular weight excluding hydrogens is 150 g/mol. The lowest BCUT2D eigenvalue weighted by Gasteiger charge is -1.93. The molecule has 0 atom stereocenters. The molecule has 0 radical (unpaired) electrons. The molecule has 3 nitrogen and oxygen atoms in total. The predicted octanol–water partition coefficient (Wildman–Crippen LogP) is 1.74. The molecule has 0 aliphatic carbocycles. The van der Waals surface area contributed by atoms with Crippen LogP contribution in [0.1, 0.15) is 31.9 Å². The van der Waals surface area contributed by atoms with Gasteiger partial charge in [0, 0.05) is 13.1 Å². The first kappa shape index (κ1) is 9.10. The maximum absolute atomic E-state index is 5.65. The first-order valence-corrected chi connectivity index (χ1v) is 4.52. The summed E-state index contributed by atoms with van der Waals surface area (Å²) >= 11 is 0. The van der Waals surface area contributed by atoms with Gasteiger partial charge in [-0.3, -0.25) is 4.68 Å². The summed E-state index contributed by atoms with van der Waals surface area (Å²) in [6.07, 6.45) is 4.80. The fourth-order valence-corrected chi connectivity index (χ4v) is 1.22. The third-order valence-electron chi connectivity index (χ3n) is 2.00. The monoisotopic (exact) mass is 167 g/mol. The normalized spacial score (nSPS) is 10.5. The zero-order valence-electron chi connectivity index (χ0n) is 7.88. The van der Waals surface area contributed by atoms with Gasteiger partial charge >= 0.3 is 0 Å². The second kappa shape index (κ2) is 4.14. The molecule has 1 heterocycles. The van der Waals surface area contributed by atoms with Gasteiger partial charge in [0.25, 0.3) is 0 Å². The first-order chi connectivity index (χ1) is 5.74. The van der Waals surface area contributed by atoms with Crippen LogP contribution < -0.4 is 5.73 Å². The molecule has 0 aliphatic heterocycles. The molecule has 1 aromatic heterocycles. The van der Waals surface area contributed by atoms with Crippen molar-refractivity contribution in [2.75, 3.05) is 5.73 Å². The molecule has 0 fully saturated rings. The Balaban J connectivity index is 2.42. The number of hydrogen-bond donors (Lipinski definition) is 1. The minimum atomic E-state index is 0.751. The summed E-state index contributed by atoms with van der Waals surface area (Å²) in [5.41, 5.74) is 6.76. The Kier molecular flexibility index (Phi) is 3.14. The minimum absolute atomic E-state index is 0.751. The van der Waals surface area contributed by atoms with E-state index in [2.05, 4.69) is 12.0 Å². The number of rotatable bonds is 4. The van der Waals surface area contributed by atoms with E-state index in [0.717, 1.165) is 17.9 Å². The Morgan fingerprint density at radius 3 is 2.75 bits per heavy atom. The van der Waals surface area contributed by atoms with E-state index in [1.807, 2.05) is 13.1 Å². The zero-order chi connectivity index (χ0) is 8.97. The lowest BCUT2D eigenvalue weighted by Crippen LogP contribution is -1.97. The van der Waals surface area contributed by atoms with Gasteiger partial charge in [-0.2, -0.15) is 5.10 Å². The summed E-state index contributed by atoms with van der Waals surface area (Å²) in [5.74, 6) is 0.751. The summed E-state index contributed by atoms with van der Waals surface area (Å²) in [6.45, 7) is 2.20.